The van der Waals surface area contributed by atoms with E-state index in [1.54, 1.807) is 0 Å². The summed E-state index contributed by atoms with van der Waals surface area (Å²) in [5, 5.41) is 14.3. The fourth-order valence-electron chi connectivity index (χ4n) is 3.47. The molecule has 3 heterocycles. The van der Waals surface area contributed by atoms with E-state index in [1.165, 1.54) is 0 Å². The quantitative estimate of drug-likeness (QED) is 0.550. The van der Waals surface area contributed by atoms with Gasteiger partial charge in [0, 0.05) is 24.8 Å². The number of nitrogens with two attached hydrogens (primary N) is 1. The number of hydrogen-bond donors (Lipinski definition) is 5. The summed E-state index contributed by atoms with van der Waals surface area (Å²) in [5.74, 6) is 1.75. The van der Waals surface area contributed by atoms with E-state index in [1.807, 2.05) is 31.3 Å². The molecule has 1 fully saturated rings. The van der Waals surface area contributed by atoms with Gasteiger partial charge in [0.2, 0.25) is 0 Å². The summed E-state index contributed by atoms with van der Waals surface area (Å²) >= 11 is 6.38. The summed E-state index contributed by atoms with van der Waals surface area (Å²) in [4.78, 5) is 7.11. The molecule has 4 rings (SSSR count). The van der Waals surface area contributed by atoms with Crippen molar-refractivity contribution in [3.8, 4) is 0 Å². The van der Waals surface area contributed by atoms with Gasteiger partial charge in [0.1, 0.15) is 17.8 Å². The number of nitrogens with one attached hydrogen (secondary N) is 4. The molecule has 140 valence electrons. The number of aliphatic imine (C=N–C) groups is 1. The number of nitrogens with zero attached hydrogens (tertiary/aromatic N) is 2. The van der Waals surface area contributed by atoms with Crippen molar-refractivity contribution in [2.45, 2.75) is 44.7 Å². The highest BCUT2D eigenvalue weighted by Gasteiger charge is 2.36. The normalized spacial score (nSPS) is 27.7. The Kier molecular flexibility index (Phi) is 4.56. The molecular formula is C18H26ClN7. The molecule has 1 aromatic carbocycles. The Morgan fingerprint density at radius 1 is 1.35 bits per heavy atom. The maximum atomic E-state index is 6.38. The maximum Gasteiger partial charge on any atom is 0.160 e. The van der Waals surface area contributed by atoms with Gasteiger partial charge in [0.05, 0.1) is 10.7 Å². The monoisotopic (exact) mass is 375 g/mol. The molecule has 0 aromatic heterocycles. The van der Waals surface area contributed by atoms with Crippen molar-refractivity contribution in [2.75, 3.05) is 18.4 Å². The van der Waals surface area contributed by atoms with Crippen LogP contribution in [0, 0.1) is 6.92 Å². The van der Waals surface area contributed by atoms with E-state index in [4.69, 9.17) is 22.3 Å². The third-order valence-corrected chi connectivity index (χ3v) is 5.76. The van der Waals surface area contributed by atoms with Gasteiger partial charge in [-0.05, 0) is 38.3 Å². The van der Waals surface area contributed by atoms with Gasteiger partial charge in [-0.3, -0.25) is 10.2 Å². The number of amidine groups is 1. The zero-order valence-corrected chi connectivity index (χ0v) is 15.9. The molecule has 0 spiro atoms. The van der Waals surface area contributed by atoms with E-state index in [0.717, 1.165) is 53.9 Å². The van der Waals surface area contributed by atoms with Crippen molar-refractivity contribution in [3.05, 3.63) is 40.8 Å². The Morgan fingerprint density at radius 2 is 2.12 bits per heavy atom. The van der Waals surface area contributed by atoms with E-state index >= 15 is 0 Å². The molecule has 0 amide bonds. The Balaban J connectivity index is 1.38. The molecule has 0 saturated carbocycles. The molecule has 2 unspecified atom stereocenters. The molecule has 0 aliphatic carbocycles. The van der Waals surface area contributed by atoms with E-state index in [0.29, 0.717) is 0 Å². The van der Waals surface area contributed by atoms with Crippen molar-refractivity contribution in [3.63, 3.8) is 0 Å². The second-order valence-corrected chi connectivity index (χ2v) is 7.96. The second kappa shape index (κ2) is 6.74. The molecule has 3 aliphatic heterocycles. The first-order valence-electron chi connectivity index (χ1n) is 9.03. The van der Waals surface area contributed by atoms with Crippen LogP contribution in [0.3, 0.4) is 0 Å². The van der Waals surface area contributed by atoms with E-state index in [-0.39, 0.29) is 18.0 Å². The fourth-order valence-corrected chi connectivity index (χ4v) is 3.65. The first-order chi connectivity index (χ1) is 12.4. The van der Waals surface area contributed by atoms with Crippen LogP contribution >= 0.6 is 11.6 Å². The Morgan fingerprint density at radius 3 is 2.88 bits per heavy atom. The van der Waals surface area contributed by atoms with Gasteiger partial charge < -0.3 is 21.7 Å². The Hall–Kier alpha value is -1.80. The fraction of sp³-hybridized carbons (Fsp3) is 0.500. The minimum absolute atomic E-state index is 0.0265. The highest BCUT2D eigenvalue weighted by atomic mass is 35.5. The summed E-state index contributed by atoms with van der Waals surface area (Å²) in [7, 11) is 0. The van der Waals surface area contributed by atoms with Crippen molar-refractivity contribution in [1.29, 1.82) is 0 Å². The van der Waals surface area contributed by atoms with Gasteiger partial charge in [0.25, 0.3) is 0 Å². The molecule has 8 heteroatoms. The van der Waals surface area contributed by atoms with E-state index < -0.39 is 0 Å². The van der Waals surface area contributed by atoms with Gasteiger partial charge in [-0.15, -0.1) is 0 Å². The molecule has 1 aromatic rings. The maximum absolute atomic E-state index is 6.38. The van der Waals surface area contributed by atoms with Gasteiger partial charge in [-0.1, -0.05) is 23.7 Å². The van der Waals surface area contributed by atoms with E-state index in [9.17, 15) is 0 Å². The molecule has 0 radical (unpaired) electrons. The number of rotatable bonds is 3. The minimum Gasteiger partial charge on any atom is -0.348 e. The predicted octanol–water partition coefficient (Wildman–Crippen LogP) is 1.48. The van der Waals surface area contributed by atoms with Crippen LogP contribution in [0.2, 0.25) is 5.02 Å². The number of aryl methyl sites for hydroxylation is 1. The Bertz CT molecular complexity index is 748. The van der Waals surface area contributed by atoms with Crippen LogP contribution < -0.4 is 27.0 Å². The van der Waals surface area contributed by atoms with Gasteiger partial charge in [-0.25, -0.2) is 4.99 Å². The average Bonchev–Trinajstić information content (AvgIpc) is 3.02. The highest BCUT2D eigenvalue weighted by Crippen LogP contribution is 2.26. The third kappa shape index (κ3) is 3.53. The number of halogens is 1. The molecule has 7 nitrogen and oxygen atoms in total. The summed E-state index contributed by atoms with van der Waals surface area (Å²) in [6, 6.07) is 5.94. The summed E-state index contributed by atoms with van der Waals surface area (Å²) in [5.41, 5.74) is 8.09. The van der Waals surface area contributed by atoms with Gasteiger partial charge in [-0.2, -0.15) is 0 Å². The number of hydrogen-bond acceptors (Lipinski definition) is 7. The topological polar surface area (TPSA) is 89.7 Å². The second-order valence-electron chi connectivity index (χ2n) is 7.59. The molecule has 0 bridgehead atoms. The van der Waals surface area contributed by atoms with Crippen LogP contribution in [-0.4, -0.2) is 41.8 Å². The Labute approximate surface area is 159 Å². The molecule has 2 atom stereocenters. The van der Waals surface area contributed by atoms with Gasteiger partial charge in [0.15, 0.2) is 6.29 Å². The largest absolute Gasteiger partial charge is 0.348 e. The lowest BCUT2D eigenvalue weighted by Crippen LogP contribution is -2.57. The number of piperidine rings is 1. The standard InChI is InChI=1S/C18H26ClN7/c1-11-4-3-5-12(14(11)19)22-13-10-21-15-16(23-13)25-17(24-15)26-8-6-18(2,20)7-9-26/h3-5,10,16-17,22-23,25H,6-9,20H2,1-2H3,(H,21,24). The lowest BCUT2D eigenvalue weighted by atomic mass is 9.91. The zero-order chi connectivity index (χ0) is 18.3. The number of benzene rings is 1. The lowest BCUT2D eigenvalue weighted by Gasteiger charge is -2.38. The van der Waals surface area contributed by atoms with Crippen molar-refractivity contribution in [1.82, 2.24) is 20.9 Å². The van der Waals surface area contributed by atoms with Crippen LogP contribution in [0.5, 0.6) is 0 Å². The third-order valence-electron chi connectivity index (χ3n) is 5.26. The van der Waals surface area contributed by atoms with Crippen LogP contribution in [-0.2, 0) is 0 Å². The molecule has 6 N–H and O–H groups in total. The van der Waals surface area contributed by atoms with E-state index in [2.05, 4.69) is 33.1 Å². The predicted molar refractivity (Wildman–Crippen MR) is 106 cm³/mol. The number of anilines is 1. The van der Waals surface area contributed by atoms with Gasteiger partial charge >= 0.3 is 0 Å². The summed E-state index contributed by atoms with van der Waals surface area (Å²) < 4.78 is 0. The summed E-state index contributed by atoms with van der Waals surface area (Å²) in [6.07, 6.45) is 3.77. The van der Waals surface area contributed by atoms with Crippen LogP contribution in [0.15, 0.2) is 35.2 Å². The SMILES string of the molecule is Cc1cccc(NC2=CNC3=NC(N4CCC(C)(N)CC4)NC3N2)c1Cl. The molecular weight excluding hydrogens is 350 g/mol. The van der Waals surface area contributed by atoms with Crippen LogP contribution in [0.4, 0.5) is 5.69 Å². The average molecular weight is 376 g/mol. The van der Waals surface area contributed by atoms with Crippen molar-refractivity contribution >= 4 is 23.1 Å². The van der Waals surface area contributed by atoms with Crippen LogP contribution in [0.25, 0.3) is 0 Å². The molecule has 1 saturated heterocycles. The number of fused-ring (bicyclic) bond motifs is 1. The molecule has 26 heavy (non-hydrogen) atoms. The minimum atomic E-state index is -0.0583. The smallest absolute Gasteiger partial charge is 0.160 e. The highest BCUT2D eigenvalue weighted by molar-refractivity contribution is 6.34. The zero-order valence-electron chi connectivity index (χ0n) is 15.1. The molecule has 3 aliphatic rings. The first-order valence-corrected chi connectivity index (χ1v) is 9.41. The van der Waals surface area contributed by atoms with Crippen molar-refractivity contribution < 1.29 is 0 Å². The first kappa shape index (κ1) is 17.6. The summed E-state index contributed by atoms with van der Waals surface area (Å²) in [6.45, 7) is 6.02. The number of likely N-dealkylation sites (tertiary alicyclic amines) is 1. The van der Waals surface area contributed by atoms with Crippen molar-refractivity contribution in [2.24, 2.45) is 10.7 Å². The van der Waals surface area contributed by atoms with Crippen LogP contribution in [0.1, 0.15) is 25.3 Å². The lowest BCUT2D eigenvalue weighted by molar-refractivity contribution is 0.110.